The first-order valence-corrected chi connectivity index (χ1v) is 8.08. The van der Waals surface area contributed by atoms with Crippen LogP contribution >= 0.6 is 0 Å². The molecule has 0 unspecified atom stereocenters. The van der Waals surface area contributed by atoms with Crippen molar-refractivity contribution in [2.45, 2.75) is 13.3 Å². The molecular weight excluding hydrogens is 354 g/mol. The molecule has 0 radical (unpaired) electrons. The van der Waals surface area contributed by atoms with E-state index in [1.165, 1.54) is 25.3 Å². The number of anilines is 1. The van der Waals surface area contributed by atoms with Gasteiger partial charge in [-0.25, -0.2) is 0 Å². The van der Waals surface area contributed by atoms with Gasteiger partial charge in [0, 0.05) is 12.1 Å². The second-order valence-electron chi connectivity index (χ2n) is 5.49. The number of amides is 2. The molecular formula is C18H19N3O6. The molecule has 0 saturated carbocycles. The van der Waals surface area contributed by atoms with Gasteiger partial charge in [-0.05, 0) is 24.6 Å². The highest BCUT2D eigenvalue weighted by Crippen LogP contribution is 2.31. The smallest absolute Gasteiger partial charge is 0.270 e. The van der Waals surface area contributed by atoms with Gasteiger partial charge in [0.05, 0.1) is 35.5 Å². The Kier molecular flexibility index (Phi) is 6.32. The van der Waals surface area contributed by atoms with Crippen LogP contribution in [0.1, 0.15) is 34.1 Å². The van der Waals surface area contributed by atoms with E-state index in [1.807, 2.05) is 6.92 Å². The van der Waals surface area contributed by atoms with E-state index in [1.54, 1.807) is 12.1 Å². The van der Waals surface area contributed by atoms with Crippen LogP contribution in [0.4, 0.5) is 11.4 Å². The summed E-state index contributed by atoms with van der Waals surface area (Å²) in [6.45, 7) is 2.22. The van der Waals surface area contributed by atoms with Crippen molar-refractivity contribution in [1.29, 1.82) is 0 Å². The molecule has 9 heteroatoms. The van der Waals surface area contributed by atoms with Crippen molar-refractivity contribution >= 4 is 23.2 Å². The number of benzene rings is 2. The molecule has 2 rings (SSSR count). The average molecular weight is 373 g/mol. The van der Waals surface area contributed by atoms with Crippen LogP contribution in [0.3, 0.4) is 0 Å². The number of nitrogens with two attached hydrogens (primary N) is 1. The van der Waals surface area contributed by atoms with Crippen molar-refractivity contribution in [3.8, 4) is 11.5 Å². The van der Waals surface area contributed by atoms with Gasteiger partial charge in [0.1, 0.15) is 11.5 Å². The van der Waals surface area contributed by atoms with Crippen LogP contribution in [0, 0.1) is 10.1 Å². The van der Waals surface area contributed by atoms with Crippen LogP contribution in [0.25, 0.3) is 0 Å². The van der Waals surface area contributed by atoms with Crippen molar-refractivity contribution in [1.82, 2.24) is 0 Å². The number of hydrogen-bond acceptors (Lipinski definition) is 6. The molecule has 0 atom stereocenters. The summed E-state index contributed by atoms with van der Waals surface area (Å²) in [5, 5.41) is 13.6. The fourth-order valence-electron chi connectivity index (χ4n) is 2.36. The summed E-state index contributed by atoms with van der Waals surface area (Å²) in [7, 11) is 1.37. The SMILES string of the molecule is CCCOc1ccc([N+](=O)[O-])cc1C(=O)Nc1c(OC)cccc1C(N)=O. The van der Waals surface area contributed by atoms with E-state index >= 15 is 0 Å². The summed E-state index contributed by atoms with van der Waals surface area (Å²) in [6.07, 6.45) is 0.691. The second kappa shape index (κ2) is 8.65. The third-order valence-corrected chi connectivity index (χ3v) is 3.63. The molecule has 142 valence electrons. The van der Waals surface area contributed by atoms with E-state index in [0.29, 0.717) is 13.0 Å². The van der Waals surface area contributed by atoms with Crippen LogP contribution in [0.2, 0.25) is 0 Å². The number of ether oxygens (including phenoxy) is 2. The molecule has 0 saturated heterocycles. The molecule has 0 spiro atoms. The fourth-order valence-corrected chi connectivity index (χ4v) is 2.36. The van der Waals surface area contributed by atoms with E-state index in [-0.39, 0.29) is 34.0 Å². The van der Waals surface area contributed by atoms with Crippen LogP contribution in [0.15, 0.2) is 36.4 Å². The molecule has 0 bridgehead atoms. The molecule has 0 aliphatic carbocycles. The van der Waals surface area contributed by atoms with E-state index in [4.69, 9.17) is 15.2 Å². The Bertz CT molecular complexity index is 881. The maximum absolute atomic E-state index is 12.8. The second-order valence-corrected chi connectivity index (χ2v) is 5.49. The predicted molar refractivity (Wildman–Crippen MR) is 98.3 cm³/mol. The third kappa shape index (κ3) is 4.51. The standard InChI is InChI=1S/C18H19N3O6/c1-3-9-27-14-8-7-11(21(24)25)10-13(14)18(23)20-16-12(17(19)22)5-4-6-15(16)26-2/h4-8,10H,3,9H2,1-2H3,(H2,19,22)(H,20,23). The van der Waals surface area contributed by atoms with Crippen molar-refractivity contribution in [2.75, 3.05) is 19.0 Å². The van der Waals surface area contributed by atoms with E-state index in [9.17, 15) is 19.7 Å². The molecule has 2 amide bonds. The van der Waals surface area contributed by atoms with Crippen LogP contribution in [-0.2, 0) is 0 Å². The molecule has 2 aromatic carbocycles. The fraction of sp³-hybridized carbons (Fsp3) is 0.222. The number of para-hydroxylation sites is 1. The average Bonchev–Trinajstić information content (AvgIpc) is 2.65. The van der Waals surface area contributed by atoms with Crippen LogP contribution in [0.5, 0.6) is 11.5 Å². The van der Waals surface area contributed by atoms with Crippen LogP contribution in [-0.4, -0.2) is 30.5 Å². The number of nitrogens with one attached hydrogen (secondary N) is 1. The summed E-state index contributed by atoms with van der Waals surface area (Å²) >= 11 is 0. The Morgan fingerprint density at radius 3 is 2.52 bits per heavy atom. The number of nitro groups is 1. The Morgan fingerprint density at radius 1 is 1.19 bits per heavy atom. The zero-order valence-corrected chi connectivity index (χ0v) is 14.9. The van der Waals surface area contributed by atoms with E-state index < -0.39 is 16.7 Å². The zero-order chi connectivity index (χ0) is 20.0. The lowest BCUT2D eigenvalue weighted by Gasteiger charge is -2.15. The maximum Gasteiger partial charge on any atom is 0.270 e. The zero-order valence-electron chi connectivity index (χ0n) is 14.9. The highest BCUT2D eigenvalue weighted by molar-refractivity contribution is 6.11. The molecule has 9 nitrogen and oxygen atoms in total. The van der Waals surface area contributed by atoms with Gasteiger partial charge < -0.3 is 20.5 Å². The molecule has 0 fully saturated rings. The predicted octanol–water partition coefficient (Wildman–Crippen LogP) is 2.74. The Balaban J connectivity index is 2.47. The number of carbonyl (C=O) groups is 2. The minimum absolute atomic E-state index is 0.0426. The molecule has 27 heavy (non-hydrogen) atoms. The molecule has 0 aliphatic rings. The minimum Gasteiger partial charge on any atom is -0.495 e. The number of primary amides is 1. The third-order valence-electron chi connectivity index (χ3n) is 3.63. The van der Waals surface area contributed by atoms with Crippen molar-refractivity contribution in [2.24, 2.45) is 5.73 Å². The highest BCUT2D eigenvalue weighted by atomic mass is 16.6. The number of rotatable bonds is 8. The highest BCUT2D eigenvalue weighted by Gasteiger charge is 2.21. The summed E-state index contributed by atoms with van der Waals surface area (Å²) < 4.78 is 10.7. The summed E-state index contributed by atoms with van der Waals surface area (Å²) in [4.78, 5) is 34.9. The lowest BCUT2D eigenvalue weighted by atomic mass is 10.1. The van der Waals surface area contributed by atoms with Gasteiger partial charge in [0.25, 0.3) is 17.5 Å². The van der Waals surface area contributed by atoms with Gasteiger partial charge in [-0.1, -0.05) is 13.0 Å². The summed E-state index contributed by atoms with van der Waals surface area (Å²) in [6, 6.07) is 8.25. The number of nitrogens with zero attached hydrogens (tertiary/aromatic N) is 1. The molecule has 0 heterocycles. The van der Waals surface area contributed by atoms with Crippen molar-refractivity contribution in [3.05, 3.63) is 57.6 Å². The van der Waals surface area contributed by atoms with Gasteiger partial charge in [-0.3, -0.25) is 19.7 Å². The first-order chi connectivity index (χ1) is 12.9. The van der Waals surface area contributed by atoms with Gasteiger partial charge in [0.2, 0.25) is 0 Å². The number of carbonyl (C=O) groups excluding carboxylic acids is 2. The van der Waals surface area contributed by atoms with E-state index in [0.717, 1.165) is 6.07 Å². The van der Waals surface area contributed by atoms with Gasteiger partial charge in [0.15, 0.2) is 0 Å². The molecule has 3 N–H and O–H groups in total. The maximum atomic E-state index is 12.8. The van der Waals surface area contributed by atoms with Gasteiger partial charge >= 0.3 is 0 Å². The minimum atomic E-state index is -0.759. The van der Waals surface area contributed by atoms with Crippen molar-refractivity contribution < 1.29 is 24.0 Å². The van der Waals surface area contributed by atoms with Gasteiger partial charge in [-0.2, -0.15) is 0 Å². The number of methoxy groups -OCH3 is 1. The monoisotopic (exact) mass is 373 g/mol. The normalized spacial score (nSPS) is 10.1. The summed E-state index contributed by atoms with van der Waals surface area (Å²) in [5.41, 5.74) is 5.16. The number of nitro benzene ring substituents is 1. The quantitative estimate of drug-likeness (QED) is 0.540. The lowest BCUT2D eigenvalue weighted by molar-refractivity contribution is -0.384. The topological polar surface area (TPSA) is 134 Å². The lowest BCUT2D eigenvalue weighted by Crippen LogP contribution is -2.19. The first kappa shape index (κ1) is 19.7. The number of non-ortho nitro benzene ring substituents is 1. The number of hydrogen-bond donors (Lipinski definition) is 2. The summed E-state index contributed by atoms with van der Waals surface area (Å²) in [5.74, 6) is -1.04. The Morgan fingerprint density at radius 2 is 1.93 bits per heavy atom. The largest absolute Gasteiger partial charge is 0.495 e. The van der Waals surface area contributed by atoms with E-state index in [2.05, 4.69) is 5.32 Å². The Labute approximate surface area is 155 Å². The van der Waals surface area contributed by atoms with Crippen LogP contribution < -0.4 is 20.5 Å². The van der Waals surface area contributed by atoms with Gasteiger partial charge in [-0.15, -0.1) is 0 Å². The molecule has 0 aliphatic heterocycles. The molecule has 2 aromatic rings. The Hall–Kier alpha value is -3.62. The first-order valence-electron chi connectivity index (χ1n) is 8.08. The molecule has 0 aromatic heterocycles. The van der Waals surface area contributed by atoms with Crippen molar-refractivity contribution in [3.63, 3.8) is 0 Å².